The number of nitrogens with two attached hydrogens (primary N) is 1. The van der Waals surface area contributed by atoms with E-state index in [0.717, 1.165) is 24.2 Å². The number of hydrogen-bond acceptors (Lipinski definition) is 2. The van der Waals surface area contributed by atoms with Crippen LogP contribution in [0.5, 0.6) is 0 Å². The molecule has 0 aliphatic heterocycles. The van der Waals surface area contributed by atoms with Crippen molar-refractivity contribution in [1.82, 2.24) is 9.78 Å². The second kappa shape index (κ2) is 3.05. The van der Waals surface area contributed by atoms with Crippen molar-refractivity contribution in [2.45, 2.75) is 45.6 Å². The third-order valence-electron chi connectivity index (χ3n) is 2.69. The zero-order chi connectivity index (χ0) is 9.42. The molecule has 2 N–H and O–H groups in total. The Morgan fingerprint density at radius 2 is 2.08 bits per heavy atom. The molecule has 0 aromatic carbocycles. The fraction of sp³-hybridized carbons (Fsp3) is 0.700. The van der Waals surface area contributed by atoms with Gasteiger partial charge in [0.15, 0.2) is 0 Å². The molecule has 0 saturated heterocycles. The summed E-state index contributed by atoms with van der Waals surface area (Å²) < 4.78 is 2.15. The van der Waals surface area contributed by atoms with Crippen LogP contribution in [0.4, 0.5) is 5.69 Å². The number of aromatic nitrogens is 2. The SMILES string of the molecule is CCc1nn(C2CC2)c(CC)c1N. The zero-order valence-corrected chi connectivity index (χ0v) is 8.38. The van der Waals surface area contributed by atoms with Crippen LogP contribution in [0.15, 0.2) is 0 Å². The summed E-state index contributed by atoms with van der Waals surface area (Å²) in [5, 5.41) is 4.55. The van der Waals surface area contributed by atoms with Crippen molar-refractivity contribution in [3.63, 3.8) is 0 Å². The summed E-state index contributed by atoms with van der Waals surface area (Å²) in [6.07, 6.45) is 4.49. The first-order valence-corrected chi connectivity index (χ1v) is 5.13. The molecule has 2 rings (SSSR count). The molecule has 3 heteroatoms. The number of anilines is 1. The van der Waals surface area contributed by atoms with Crippen LogP contribution in [0.25, 0.3) is 0 Å². The number of nitrogens with zero attached hydrogens (tertiary/aromatic N) is 2. The van der Waals surface area contributed by atoms with Gasteiger partial charge in [0.25, 0.3) is 0 Å². The smallest absolute Gasteiger partial charge is 0.0854 e. The molecule has 0 atom stereocenters. The number of hydrogen-bond donors (Lipinski definition) is 1. The van der Waals surface area contributed by atoms with E-state index in [4.69, 9.17) is 5.73 Å². The lowest BCUT2D eigenvalue weighted by Crippen LogP contribution is -2.02. The molecular formula is C10H17N3. The summed E-state index contributed by atoms with van der Waals surface area (Å²) in [7, 11) is 0. The van der Waals surface area contributed by atoms with Crippen LogP contribution in [0, 0.1) is 0 Å². The van der Waals surface area contributed by atoms with E-state index in [0.29, 0.717) is 6.04 Å². The van der Waals surface area contributed by atoms with E-state index in [1.54, 1.807) is 0 Å². The minimum absolute atomic E-state index is 0.651. The molecular weight excluding hydrogens is 162 g/mol. The Morgan fingerprint density at radius 1 is 1.38 bits per heavy atom. The molecule has 72 valence electrons. The van der Waals surface area contributed by atoms with Gasteiger partial charge in [0.1, 0.15) is 0 Å². The van der Waals surface area contributed by atoms with Gasteiger partial charge < -0.3 is 5.73 Å². The highest BCUT2D eigenvalue weighted by molar-refractivity contribution is 5.48. The van der Waals surface area contributed by atoms with Crippen molar-refractivity contribution in [3.05, 3.63) is 11.4 Å². The Labute approximate surface area is 78.9 Å². The Bertz CT molecular complexity index is 310. The summed E-state index contributed by atoms with van der Waals surface area (Å²) in [4.78, 5) is 0. The largest absolute Gasteiger partial charge is 0.396 e. The van der Waals surface area contributed by atoms with E-state index >= 15 is 0 Å². The van der Waals surface area contributed by atoms with E-state index in [1.165, 1.54) is 18.5 Å². The predicted molar refractivity (Wildman–Crippen MR) is 53.7 cm³/mol. The van der Waals surface area contributed by atoms with Gasteiger partial charge in [-0.1, -0.05) is 13.8 Å². The van der Waals surface area contributed by atoms with Crippen LogP contribution in [0.2, 0.25) is 0 Å². The molecule has 1 aromatic rings. The van der Waals surface area contributed by atoms with Crippen LogP contribution in [0.3, 0.4) is 0 Å². The van der Waals surface area contributed by atoms with Crippen molar-refractivity contribution >= 4 is 5.69 Å². The van der Waals surface area contributed by atoms with Crippen LogP contribution in [-0.4, -0.2) is 9.78 Å². The van der Waals surface area contributed by atoms with Crippen LogP contribution < -0.4 is 5.73 Å². The Balaban J connectivity index is 2.42. The monoisotopic (exact) mass is 179 g/mol. The summed E-state index contributed by atoms with van der Waals surface area (Å²) >= 11 is 0. The second-order valence-corrected chi connectivity index (χ2v) is 3.69. The maximum Gasteiger partial charge on any atom is 0.0854 e. The fourth-order valence-electron chi connectivity index (χ4n) is 1.77. The van der Waals surface area contributed by atoms with E-state index in [-0.39, 0.29) is 0 Å². The van der Waals surface area contributed by atoms with Gasteiger partial charge in [0.05, 0.1) is 23.1 Å². The highest BCUT2D eigenvalue weighted by Crippen LogP contribution is 2.37. The highest BCUT2D eigenvalue weighted by Gasteiger charge is 2.28. The molecule has 0 radical (unpaired) electrons. The second-order valence-electron chi connectivity index (χ2n) is 3.69. The highest BCUT2D eigenvalue weighted by atomic mass is 15.3. The predicted octanol–water partition coefficient (Wildman–Crippen LogP) is 1.92. The quantitative estimate of drug-likeness (QED) is 0.770. The van der Waals surface area contributed by atoms with E-state index in [1.807, 2.05) is 0 Å². The van der Waals surface area contributed by atoms with Crippen molar-refractivity contribution in [2.24, 2.45) is 0 Å². The number of aryl methyl sites for hydroxylation is 1. The third-order valence-corrected chi connectivity index (χ3v) is 2.69. The summed E-state index contributed by atoms with van der Waals surface area (Å²) in [5.41, 5.74) is 9.24. The van der Waals surface area contributed by atoms with E-state index in [9.17, 15) is 0 Å². The van der Waals surface area contributed by atoms with Gasteiger partial charge in [-0.25, -0.2) is 0 Å². The molecule has 1 saturated carbocycles. The van der Waals surface area contributed by atoms with Crippen molar-refractivity contribution in [3.8, 4) is 0 Å². The van der Waals surface area contributed by atoms with Crippen LogP contribution >= 0.6 is 0 Å². The fourth-order valence-corrected chi connectivity index (χ4v) is 1.77. The normalized spacial score (nSPS) is 16.5. The lowest BCUT2D eigenvalue weighted by molar-refractivity contribution is 0.602. The molecule has 3 nitrogen and oxygen atoms in total. The lowest BCUT2D eigenvalue weighted by Gasteiger charge is -2.02. The van der Waals surface area contributed by atoms with Crippen molar-refractivity contribution in [2.75, 3.05) is 5.73 Å². The summed E-state index contributed by atoms with van der Waals surface area (Å²) in [5.74, 6) is 0. The minimum atomic E-state index is 0.651. The molecule has 1 fully saturated rings. The molecule has 0 unspecified atom stereocenters. The molecule has 1 aliphatic rings. The first-order valence-electron chi connectivity index (χ1n) is 5.13. The first-order chi connectivity index (χ1) is 6.27. The van der Waals surface area contributed by atoms with Gasteiger partial charge in [-0.05, 0) is 25.7 Å². The first kappa shape index (κ1) is 8.60. The number of nitrogen functional groups attached to an aromatic ring is 1. The maximum atomic E-state index is 6.01. The van der Waals surface area contributed by atoms with Crippen molar-refractivity contribution in [1.29, 1.82) is 0 Å². The maximum absolute atomic E-state index is 6.01. The van der Waals surface area contributed by atoms with Crippen LogP contribution in [-0.2, 0) is 12.8 Å². The van der Waals surface area contributed by atoms with Gasteiger partial charge in [-0.2, -0.15) is 5.10 Å². The average Bonchev–Trinajstić information content (AvgIpc) is 2.91. The molecule has 0 bridgehead atoms. The van der Waals surface area contributed by atoms with Gasteiger partial charge >= 0.3 is 0 Å². The molecule has 1 heterocycles. The third kappa shape index (κ3) is 1.32. The van der Waals surface area contributed by atoms with Crippen LogP contribution in [0.1, 0.15) is 44.1 Å². The van der Waals surface area contributed by atoms with Crippen molar-refractivity contribution < 1.29 is 0 Å². The topological polar surface area (TPSA) is 43.8 Å². The van der Waals surface area contributed by atoms with Gasteiger partial charge in [0.2, 0.25) is 0 Å². The molecule has 13 heavy (non-hydrogen) atoms. The summed E-state index contributed by atoms with van der Waals surface area (Å²) in [6.45, 7) is 4.25. The Morgan fingerprint density at radius 3 is 2.54 bits per heavy atom. The molecule has 1 aromatic heterocycles. The molecule has 1 aliphatic carbocycles. The average molecular weight is 179 g/mol. The van der Waals surface area contributed by atoms with Gasteiger partial charge in [-0.3, -0.25) is 4.68 Å². The zero-order valence-electron chi connectivity index (χ0n) is 8.38. The standard InChI is InChI=1S/C10H17N3/c1-3-8-10(11)9(4-2)13(12-8)7-5-6-7/h7H,3-6,11H2,1-2H3. The summed E-state index contributed by atoms with van der Waals surface area (Å²) in [6, 6.07) is 0.651. The minimum Gasteiger partial charge on any atom is -0.396 e. The molecule has 0 amide bonds. The van der Waals surface area contributed by atoms with Gasteiger partial charge in [-0.15, -0.1) is 0 Å². The van der Waals surface area contributed by atoms with E-state index < -0.39 is 0 Å². The Hall–Kier alpha value is -0.990. The Kier molecular flexibility index (Phi) is 2.02. The number of rotatable bonds is 3. The van der Waals surface area contributed by atoms with E-state index in [2.05, 4.69) is 23.6 Å². The van der Waals surface area contributed by atoms with Gasteiger partial charge in [0, 0.05) is 0 Å². The lowest BCUT2D eigenvalue weighted by atomic mass is 10.2. The molecule has 0 spiro atoms.